The Hall–Kier alpha value is -2.54. The van der Waals surface area contributed by atoms with Crippen molar-refractivity contribution in [2.45, 2.75) is 32.6 Å². The summed E-state index contributed by atoms with van der Waals surface area (Å²) in [4.78, 5) is 27.1. The van der Waals surface area contributed by atoms with E-state index in [-0.39, 0.29) is 11.8 Å². The number of aliphatic hydroxyl groups is 1. The predicted octanol–water partition coefficient (Wildman–Crippen LogP) is 1.93. The van der Waals surface area contributed by atoms with Gasteiger partial charge in [0.15, 0.2) is 0 Å². The molecule has 0 bridgehead atoms. The monoisotopic (exact) mass is 341 g/mol. The topological polar surface area (TPSA) is 91.2 Å². The molecule has 0 saturated carbocycles. The van der Waals surface area contributed by atoms with Gasteiger partial charge in [-0.2, -0.15) is 0 Å². The highest BCUT2D eigenvalue weighted by Crippen LogP contribution is 2.26. The van der Waals surface area contributed by atoms with Crippen molar-refractivity contribution in [3.63, 3.8) is 0 Å². The van der Waals surface area contributed by atoms with Crippen LogP contribution < -0.4 is 5.32 Å². The number of nitrogens with zero attached hydrogens (tertiary/aromatic N) is 4. The lowest BCUT2D eigenvalue weighted by Gasteiger charge is -2.31. The van der Waals surface area contributed by atoms with Crippen LogP contribution in [0.4, 0.5) is 11.6 Å². The van der Waals surface area contributed by atoms with Gasteiger partial charge < -0.3 is 15.3 Å². The summed E-state index contributed by atoms with van der Waals surface area (Å²) in [5.41, 5.74) is 1.80. The van der Waals surface area contributed by atoms with Crippen LogP contribution in [0, 0.1) is 13.8 Å². The lowest BCUT2D eigenvalue weighted by atomic mass is 9.97. The molecule has 0 radical (unpaired) electrons. The van der Waals surface area contributed by atoms with Gasteiger partial charge in [-0.25, -0.2) is 15.0 Å². The maximum Gasteiger partial charge on any atom is 0.248 e. The Balaban J connectivity index is 1.80. The number of carbonyl (C=O) groups is 1. The van der Waals surface area contributed by atoms with E-state index in [2.05, 4.69) is 20.3 Å². The molecule has 25 heavy (non-hydrogen) atoms. The van der Waals surface area contributed by atoms with Crippen molar-refractivity contribution in [3.05, 3.63) is 41.5 Å². The van der Waals surface area contributed by atoms with Crippen molar-refractivity contribution >= 4 is 17.5 Å². The average molecular weight is 341 g/mol. The van der Waals surface area contributed by atoms with Gasteiger partial charge in [0.05, 0.1) is 0 Å². The summed E-state index contributed by atoms with van der Waals surface area (Å²) >= 11 is 0. The number of aliphatic hydroxyl groups excluding tert-OH is 1. The van der Waals surface area contributed by atoms with Crippen LogP contribution in [0.25, 0.3) is 0 Å². The summed E-state index contributed by atoms with van der Waals surface area (Å²) < 4.78 is 0. The van der Waals surface area contributed by atoms with Crippen molar-refractivity contribution in [3.8, 4) is 0 Å². The number of hydrogen-bond donors (Lipinski definition) is 2. The van der Waals surface area contributed by atoms with E-state index in [4.69, 9.17) is 5.11 Å². The minimum absolute atomic E-state index is 0.0789. The summed E-state index contributed by atoms with van der Waals surface area (Å²) in [7, 11) is 0. The quantitative estimate of drug-likeness (QED) is 0.883. The number of hydrogen-bond acceptors (Lipinski definition) is 6. The van der Waals surface area contributed by atoms with Gasteiger partial charge in [0.25, 0.3) is 0 Å². The number of pyridine rings is 1. The third-order valence-electron chi connectivity index (χ3n) is 4.29. The molecule has 132 valence electrons. The molecule has 1 aliphatic rings. The van der Waals surface area contributed by atoms with E-state index in [1.54, 1.807) is 4.90 Å². The molecule has 1 amide bonds. The number of nitrogens with one attached hydrogen (secondary N) is 1. The number of amides is 1. The molecule has 3 heterocycles. The van der Waals surface area contributed by atoms with Gasteiger partial charge in [-0.05, 0) is 38.8 Å². The van der Waals surface area contributed by atoms with E-state index in [9.17, 15) is 4.79 Å². The number of carbonyl (C=O) groups excluding carboxylic acids is 1. The number of aryl methyl sites for hydroxylation is 2. The molecule has 1 atom stereocenters. The fraction of sp³-hybridized carbons (Fsp3) is 0.444. The Morgan fingerprint density at radius 3 is 2.84 bits per heavy atom. The minimum atomic E-state index is -0.451. The van der Waals surface area contributed by atoms with Gasteiger partial charge in [-0.15, -0.1) is 0 Å². The van der Waals surface area contributed by atoms with Crippen molar-refractivity contribution in [1.82, 2.24) is 19.9 Å². The molecule has 1 aliphatic heterocycles. The SMILES string of the molecule is Cc1cccc(Nc2cc(C)nc(C3CCCN(C(=O)CO)C3)n2)n1. The fourth-order valence-electron chi connectivity index (χ4n) is 3.10. The lowest BCUT2D eigenvalue weighted by Crippen LogP contribution is -2.41. The van der Waals surface area contributed by atoms with Gasteiger partial charge in [0, 0.05) is 36.5 Å². The van der Waals surface area contributed by atoms with Gasteiger partial charge >= 0.3 is 0 Å². The van der Waals surface area contributed by atoms with Gasteiger partial charge in [0.1, 0.15) is 24.1 Å². The van der Waals surface area contributed by atoms with E-state index < -0.39 is 6.61 Å². The molecule has 1 saturated heterocycles. The highest BCUT2D eigenvalue weighted by molar-refractivity contribution is 5.77. The number of aromatic nitrogens is 3. The van der Waals surface area contributed by atoms with Gasteiger partial charge in [0.2, 0.25) is 5.91 Å². The Labute approximate surface area is 147 Å². The maximum atomic E-state index is 11.8. The number of likely N-dealkylation sites (tertiary alicyclic amines) is 1. The van der Waals surface area contributed by atoms with Crippen LogP contribution in [0.15, 0.2) is 24.3 Å². The molecule has 2 aromatic heterocycles. The second-order valence-corrected chi connectivity index (χ2v) is 6.38. The third-order valence-corrected chi connectivity index (χ3v) is 4.29. The zero-order valence-electron chi connectivity index (χ0n) is 14.6. The number of piperidine rings is 1. The van der Waals surface area contributed by atoms with E-state index >= 15 is 0 Å². The van der Waals surface area contributed by atoms with Crippen LogP contribution in [0.1, 0.15) is 36.0 Å². The highest BCUT2D eigenvalue weighted by atomic mass is 16.3. The largest absolute Gasteiger partial charge is 0.387 e. The fourth-order valence-corrected chi connectivity index (χ4v) is 3.10. The first-order valence-corrected chi connectivity index (χ1v) is 8.50. The van der Waals surface area contributed by atoms with E-state index in [1.807, 2.05) is 38.1 Å². The summed E-state index contributed by atoms with van der Waals surface area (Å²) in [6.45, 7) is 4.65. The predicted molar refractivity (Wildman–Crippen MR) is 94.7 cm³/mol. The molecule has 0 aliphatic carbocycles. The van der Waals surface area contributed by atoms with E-state index in [0.717, 1.165) is 35.9 Å². The van der Waals surface area contributed by atoms with Crippen molar-refractivity contribution < 1.29 is 9.90 Å². The molecule has 2 aromatic rings. The zero-order chi connectivity index (χ0) is 17.8. The van der Waals surface area contributed by atoms with Crippen LogP contribution in [0.2, 0.25) is 0 Å². The van der Waals surface area contributed by atoms with E-state index in [1.165, 1.54) is 0 Å². The molecule has 0 aromatic carbocycles. The standard InChI is InChI=1S/C18H23N5O2/c1-12-5-3-7-15(19-12)21-16-9-13(2)20-18(22-16)14-6-4-8-23(10-14)17(25)11-24/h3,5,7,9,14,24H,4,6,8,10-11H2,1-2H3,(H,19,20,21,22). The molecule has 0 spiro atoms. The van der Waals surface area contributed by atoms with Crippen molar-refractivity contribution in [2.24, 2.45) is 0 Å². The van der Waals surface area contributed by atoms with Crippen LogP contribution in [0.5, 0.6) is 0 Å². The Kier molecular flexibility index (Phi) is 5.23. The number of rotatable bonds is 4. The van der Waals surface area contributed by atoms with Crippen LogP contribution in [-0.2, 0) is 4.79 Å². The Morgan fingerprint density at radius 1 is 1.24 bits per heavy atom. The van der Waals surface area contributed by atoms with Crippen LogP contribution in [0.3, 0.4) is 0 Å². The summed E-state index contributed by atoms with van der Waals surface area (Å²) in [5, 5.41) is 12.3. The minimum Gasteiger partial charge on any atom is -0.387 e. The first-order valence-electron chi connectivity index (χ1n) is 8.50. The normalized spacial score (nSPS) is 17.4. The first-order chi connectivity index (χ1) is 12.0. The third kappa shape index (κ3) is 4.30. The zero-order valence-corrected chi connectivity index (χ0v) is 14.6. The molecule has 7 heteroatoms. The average Bonchev–Trinajstić information content (AvgIpc) is 2.60. The molecule has 7 nitrogen and oxygen atoms in total. The lowest BCUT2D eigenvalue weighted by molar-refractivity contribution is -0.135. The highest BCUT2D eigenvalue weighted by Gasteiger charge is 2.26. The Morgan fingerprint density at radius 2 is 2.08 bits per heavy atom. The molecule has 2 N–H and O–H groups in total. The second-order valence-electron chi connectivity index (χ2n) is 6.38. The first kappa shape index (κ1) is 17.3. The smallest absolute Gasteiger partial charge is 0.248 e. The van der Waals surface area contributed by atoms with Crippen LogP contribution in [-0.4, -0.2) is 50.6 Å². The number of anilines is 2. The van der Waals surface area contributed by atoms with Crippen molar-refractivity contribution in [1.29, 1.82) is 0 Å². The molecular formula is C18H23N5O2. The summed E-state index contributed by atoms with van der Waals surface area (Å²) in [5.74, 6) is 2.01. The summed E-state index contributed by atoms with van der Waals surface area (Å²) in [6.07, 6.45) is 1.82. The second kappa shape index (κ2) is 7.57. The maximum absolute atomic E-state index is 11.8. The Bertz CT molecular complexity index is 765. The molecule has 3 rings (SSSR count). The van der Waals surface area contributed by atoms with Gasteiger partial charge in [-0.1, -0.05) is 6.07 Å². The van der Waals surface area contributed by atoms with E-state index in [0.29, 0.717) is 18.9 Å². The molecule has 1 unspecified atom stereocenters. The molecular weight excluding hydrogens is 318 g/mol. The summed E-state index contributed by atoms with van der Waals surface area (Å²) in [6, 6.07) is 7.66. The van der Waals surface area contributed by atoms with Gasteiger partial charge in [-0.3, -0.25) is 4.79 Å². The van der Waals surface area contributed by atoms with Crippen LogP contribution >= 0.6 is 0 Å². The molecule has 1 fully saturated rings. The van der Waals surface area contributed by atoms with Crippen molar-refractivity contribution in [2.75, 3.05) is 25.0 Å².